The predicted molar refractivity (Wildman–Crippen MR) is 74.9 cm³/mol. The Morgan fingerprint density at radius 2 is 2.17 bits per heavy atom. The van der Waals surface area contributed by atoms with Crippen molar-refractivity contribution in [3.63, 3.8) is 0 Å². The fourth-order valence-corrected chi connectivity index (χ4v) is 2.07. The molecule has 2 aromatic rings. The molecule has 0 amide bonds. The number of hydrogen-bond donors (Lipinski definition) is 1. The van der Waals surface area contributed by atoms with Crippen LogP contribution < -0.4 is 10.1 Å². The largest absolute Gasteiger partial charge is 0.488 e. The average Bonchev–Trinajstić information content (AvgIpc) is 2.88. The lowest BCUT2D eigenvalue weighted by atomic mass is 10.2. The first kappa shape index (κ1) is 13.1. The Bertz CT molecular complexity index is 468. The maximum absolute atomic E-state index is 5.84. The Balaban J connectivity index is 1.98. The first-order chi connectivity index (χ1) is 8.75. The second-order valence-corrected chi connectivity index (χ2v) is 5.37. The summed E-state index contributed by atoms with van der Waals surface area (Å²) in [6.07, 6.45) is 1.85. The standard InChI is InChI=1S/C14H18N2OS/c1-11(2)16-7-12-5-3-4-6-14(12)17-9-13-8-15-10-18-13/h3-6,8,10-11,16H,7,9H2,1-2H3. The van der Waals surface area contributed by atoms with Gasteiger partial charge in [-0.05, 0) is 6.07 Å². The number of aromatic nitrogens is 1. The van der Waals surface area contributed by atoms with E-state index in [0.717, 1.165) is 17.2 Å². The van der Waals surface area contributed by atoms with Gasteiger partial charge < -0.3 is 10.1 Å². The van der Waals surface area contributed by atoms with Gasteiger partial charge in [0.15, 0.2) is 0 Å². The van der Waals surface area contributed by atoms with Crippen LogP contribution >= 0.6 is 11.3 Å². The maximum atomic E-state index is 5.84. The quantitative estimate of drug-likeness (QED) is 0.868. The molecular weight excluding hydrogens is 244 g/mol. The van der Waals surface area contributed by atoms with E-state index < -0.39 is 0 Å². The van der Waals surface area contributed by atoms with Crippen molar-refractivity contribution in [2.24, 2.45) is 0 Å². The second kappa shape index (κ2) is 6.52. The molecule has 0 fully saturated rings. The molecule has 0 aliphatic carbocycles. The number of benzene rings is 1. The van der Waals surface area contributed by atoms with Crippen LogP contribution in [0.2, 0.25) is 0 Å². The summed E-state index contributed by atoms with van der Waals surface area (Å²) in [5, 5.41) is 3.41. The number of thiazole rings is 1. The topological polar surface area (TPSA) is 34.1 Å². The second-order valence-electron chi connectivity index (χ2n) is 4.40. The van der Waals surface area contributed by atoms with Gasteiger partial charge in [-0.1, -0.05) is 32.0 Å². The van der Waals surface area contributed by atoms with Crippen LogP contribution in [0.15, 0.2) is 36.0 Å². The summed E-state index contributed by atoms with van der Waals surface area (Å²) >= 11 is 1.61. The SMILES string of the molecule is CC(C)NCc1ccccc1OCc1cncs1. The van der Waals surface area contributed by atoms with Crippen molar-refractivity contribution in [3.05, 3.63) is 46.4 Å². The van der Waals surface area contributed by atoms with Gasteiger partial charge in [-0.2, -0.15) is 0 Å². The third-order valence-electron chi connectivity index (χ3n) is 2.53. The molecule has 1 heterocycles. The summed E-state index contributed by atoms with van der Waals surface area (Å²) in [4.78, 5) is 5.18. The molecule has 0 aliphatic rings. The fourth-order valence-electron chi connectivity index (χ4n) is 1.57. The van der Waals surface area contributed by atoms with Crippen LogP contribution in [0.25, 0.3) is 0 Å². The van der Waals surface area contributed by atoms with Gasteiger partial charge in [0.25, 0.3) is 0 Å². The van der Waals surface area contributed by atoms with Crippen LogP contribution in [0.3, 0.4) is 0 Å². The molecule has 0 unspecified atom stereocenters. The molecule has 0 saturated carbocycles. The monoisotopic (exact) mass is 262 g/mol. The molecule has 18 heavy (non-hydrogen) atoms. The molecule has 0 spiro atoms. The molecule has 1 N–H and O–H groups in total. The Morgan fingerprint density at radius 1 is 1.33 bits per heavy atom. The van der Waals surface area contributed by atoms with Crippen LogP contribution in [0, 0.1) is 0 Å². The Labute approximate surface area is 112 Å². The molecule has 0 radical (unpaired) electrons. The van der Waals surface area contributed by atoms with Gasteiger partial charge in [0.1, 0.15) is 12.4 Å². The highest BCUT2D eigenvalue weighted by Gasteiger charge is 2.04. The molecule has 0 saturated heterocycles. The zero-order valence-corrected chi connectivity index (χ0v) is 11.5. The van der Waals surface area contributed by atoms with Crippen molar-refractivity contribution in [2.45, 2.75) is 33.0 Å². The van der Waals surface area contributed by atoms with Crippen molar-refractivity contribution in [1.29, 1.82) is 0 Å². The van der Waals surface area contributed by atoms with Crippen molar-refractivity contribution in [1.82, 2.24) is 10.3 Å². The summed E-state index contributed by atoms with van der Waals surface area (Å²) in [5.41, 5.74) is 3.01. The van der Waals surface area contributed by atoms with Gasteiger partial charge >= 0.3 is 0 Å². The predicted octanol–water partition coefficient (Wildman–Crippen LogP) is 3.22. The molecular formula is C14H18N2OS. The lowest BCUT2D eigenvalue weighted by molar-refractivity contribution is 0.305. The van der Waals surface area contributed by atoms with Crippen LogP contribution in [0.4, 0.5) is 0 Å². The minimum absolute atomic E-state index is 0.472. The summed E-state index contributed by atoms with van der Waals surface area (Å²) in [7, 11) is 0. The lowest BCUT2D eigenvalue weighted by Gasteiger charge is -2.13. The van der Waals surface area contributed by atoms with Crippen LogP contribution in [0.1, 0.15) is 24.3 Å². The number of ether oxygens (including phenoxy) is 1. The molecule has 0 bridgehead atoms. The molecule has 3 nitrogen and oxygen atoms in total. The normalized spacial score (nSPS) is 10.8. The third kappa shape index (κ3) is 3.82. The smallest absolute Gasteiger partial charge is 0.124 e. The molecule has 1 aromatic heterocycles. The van der Waals surface area contributed by atoms with Gasteiger partial charge in [0.05, 0.1) is 10.4 Å². The van der Waals surface area contributed by atoms with E-state index >= 15 is 0 Å². The number of para-hydroxylation sites is 1. The molecule has 4 heteroatoms. The molecule has 0 atom stereocenters. The minimum atomic E-state index is 0.472. The van der Waals surface area contributed by atoms with E-state index in [9.17, 15) is 0 Å². The van der Waals surface area contributed by atoms with Gasteiger partial charge in [0, 0.05) is 24.3 Å². The zero-order chi connectivity index (χ0) is 12.8. The Morgan fingerprint density at radius 3 is 2.89 bits per heavy atom. The Kier molecular flexibility index (Phi) is 4.73. The van der Waals surface area contributed by atoms with Crippen molar-refractivity contribution < 1.29 is 4.74 Å². The highest BCUT2D eigenvalue weighted by molar-refractivity contribution is 7.09. The first-order valence-electron chi connectivity index (χ1n) is 6.07. The summed E-state index contributed by atoms with van der Waals surface area (Å²) < 4.78 is 5.84. The summed E-state index contributed by atoms with van der Waals surface area (Å²) in [6.45, 7) is 5.70. The molecule has 2 rings (SSSR count). The minimum Gasteiger partial charge on any atom is -0.488 e. The molecule has 96 valence electrons. The van der Waals surface area contributed by atoms with Gasteiger partial charge in [-0.3, -0.25) is 4.98 Å². The number of nitrogens with one attached hydrogen (secondary N) is 1. The van der Waals surface area contributed by atoms with Gasteiger partial charge in [0.2, 0.25) is 0 Å². The van der Waals surface area contributed by atoms with E-state index in [1.54, 1.807) is 11.3 Å². The van der Waals surface area contributed by atoms with Crippen LogP contribution in [-0.4, -0.2) is 11.0 Å². The average molecular weight is 262 g/mol. The fraction of sp³-hybridized carbons (Fsp3) is 0.357. The third-order valence-corrected chi connectivity index (χ3v) is 3.28. The maximum Gasteiger partial charge on any atom is 0.124 e. The number of rotatable bonds is 6. The van der Waals surface area contributed by atoms with Crippen molar-refractivity contribution in [2.75, 3.05) is 0 Å². The van der Waals surface area contributed by atoms with E-state index in [-0.39, 0.29) is 0 Å². The molecule has 1 aromatic carbocycles. The zero-order valence-electron chi connectivity index (χ0n) is 10.7. The number of hydrogen-bond acceptors (Lipinski definition) is 4. The van der Waals surface area contributed by atoms with Crippen molar-refractivity contribution >= 4 is 11.3 Å². The summed E-state index contributed by atoms with van der Waals surface area (Å²) in [6, 6.07) is 8.62. The lowest BCUT2D eigenvalue weighted by Crippen LogP contribution is -2.22. The highest BCUT2D eigenvalue weighted by atomic mass is 32.1. The number of nitrogens with zero attached hydrogens (tertiary/aromatic N) is 1. The van der Waals surface area contributed by atoms with E-state index in [0.29, 0.717) is 12.6 Å². The van der Waals surface area contributed by atoms with E-state index in [1.165, 1.54) is 5.56 Å². The Hall–Kier alpha value is -1.39. The van der Waals surface area contributed by atoms with E-state index in [1.807, 2.05) is 29.9 Å². The van der Waals surface area contributed by atoms with E-state index in [4.69, 9.17) is 4.74 Å². The van der Waals surface area contributed by atoms with Crippen molar-refractivity contribution in [3.8, 4) is 5.75 Å². The first-order valence-corrected chi connectivity index (χ1v) is 6.95. The summed E-state index contributed by atoms with van der Waals surface area (Å²) in [5.74, 6) is 0.944. The van der Waals surface area contributed by atoms with Crippen LogP contribution in [-0.2, 0) is 13.2 Å². The van der Waals surface area contributed by atoms with Crippen LogP contribution in [0.5, 0.6) is 5.75 Å². The van der Waals surface area contributed by atoms with Gasteiger partial charge in [-0.15, -0.1) is 11.3 Å². The molecule has 0 aliphatic heterocycles. The van der Waals surface area contributed by atoms with Gasteiger partial charge in [-0.25, -0.2) is 0 Å². The van der Waals surface area contributed by atoms with E-state index in [2.05, 4.69) is 30.2 Å². The highest BCUT2D eigenvalue weighted by Crippen LogP contribution is 2.20.